The molecule has 4 unspecified atom stereocenters. The first-order valence-electron chi connectivity index (χ1n) is 12.0. The van der Waals surface area contributed by atoms with E-state index in [2.05, 4.69) is 34.6 Å². The maximum atomic E-state index is 13.1. The Bertz CT molecular complexity index is 804. The molecule has 0 aromatic rings. The summed E-state index contributed by atoms with van der Waals surface area (Å²) < 4.78 is 44.3. The Morgan fingerprint density at radius 1 is 0.969 bits per heavy atom. The van der Waals surface area contributed by atoms with Gasteiger partial charge in [-0.1, -0.05) is 34.6 Å². The summed E-state index contributed by atoms with van der Waals surface area (Å²) in [7, 11) is -3.33. The first-order chi connectivity index (χ1) is 14.9. The molecule has 3 heterocycles. The molecule has 4 fully saturated rings. The highest BCUT2D eigenvalue weighted by molar-refractivity contribution is 7.89. The quantitative estimate of drug-likeness (QED) is 0.585. The van der Waals surface area contributed by atoms with Crippen LogP contribution in [0.5, 0.6) is 0 Å². The number of hydrogen-bond donors (Lipinski definition) is 0. The Morgan fingerprint density at radius 2 is 1.62 bits per heavy atom. The second kappa shape index (κ2) is 8.80. The number of ether oxygens (including phenoxy) is 3. The van der Waals surface area contributed by atoms with E-state index in [0.29, 0.717) is 45.3 Å². The van der Waals surface area contributed by atoms with Crippen molar-refractivity contribution >= 4 is 15.9 Å². The third kappa shape index (κ3) is 5.02. The van der Waals surface area contributed by atoms with Crippen LogP contribution in [-0.4, -0.2) is 93.6 Å². The van der Waals surface area contributed by atoms with Crippen molar-refractivity contribution in [3.8, 4) is 0 Å². The number of nitrogens with zero attached hydrogens (tertiary/aromatic N) is 2. The molecule has 0 bridgehead atoms. The fourth-order valence-corrected chi connectivity index (χ4v) is 6.75. The van der Waals surface area contributed by atoms with Gasteiger partial charge in [0.05, 0.1) is 38.6 Å². The summed E-state index contributed by atoms with van der Waals surface area (Å²) in [4.78, 5) is 15.1. The molecule has 1 saturated carbocycles. The van der Waals surface area contributed by atoms with Crippen molar-refractivity contribution in [1.29, 1.82) is 0 Å². The van der Waals surface area contributed by atoms with Crippen molar-refractivity contribution in [2.75, 3.05) is 52.6 Å². The Hall–Kier alpha value is -0.740. The maximum Gasteiger partial charge on any atom is 0.226 e. The first kappa shape index (κ1) is 24.4. The largest absolute Gasteiger partial charge is 0.378 e. The number of carbonyl (C=O) groups is 1. The van der Waals surface area contributed by atoms with Gasteiger partial charge in [0.2, 0.25) is 15.9 Å². The van der Waals surface area contributed by atoms with Crippen molar-refractivity contribution in [2.45, 2.75) is 64.9 Å². The molecule has 4 aliphatic rings. The lowest BCUT2D eigenvalue weighted by atomic mass is 9.80. The molecule has 3 saturated heterocycles. The van der Waals surface area contributed by atoms with Crippen molar-refractivity contribution in [3.05, 3.63) is 0 Å². The van der Waals surface area contributed by atoms with Gasteiger partial charge in [-0.25, -0.2) is 8.42 Å². The Kier molecular flexibility index (Phi) is 6.71. The molecule has 3 aliphatic heterocycles. The second-order valence-electron chi connectivity index (χ2n) is 11.7. The minimum Gasteiger partial charge on any atom is -0.378 e. The molecule has 0 radical (unpaired) electrons. The molecule has 0 N–H and O–H groups in total. The van der Waals surface area contributed by atoms with Gasteiger partial charge in [-0.05, 0) is 29.6 Å². The van der Waals surface area contributed by atoms with Crippen LogP contribution in [0.15, 0.2) is 0 Å². The second-order valence-corrected chi connectivity index (χ2v) is 13.9. The van der Waals surface area contributed by atoms with Gasteiger partial charge in [0.15, 0.2) is 0 Å². The third-order valence-electron chi connectivity index (χ3n) is 7.66. The van der Waals surface area contributed by atoms with E-state index < -0.39 is 15.3 Å². The summed E-state index contributed by atoms with van der Waals surface area (Å²) in [5.41, 5.74) is -0.191. The summed E-state index contributed by atoms with van der Waals surface area (Å²) in [5.74, 6) is 0.662. The van der Waals surface area contributed by atoms with Crippen molar-refractivity contribution < 1.29 is 27.4 Å². The topological polar surface area (TPSA) is 85.4 Å². The molecule has 184 valence electrons. The van der Waals surface area contributed by atoms with Gasteiger partial charge in [0, 0.05) is 32.1 Å². The molecule has 1 amide bonds. The minimum atomic E-state index is -3.33. The average Bonchev–Trinajstić information content (AvgIpc) is 3.43. The number of sulfonamides is 1. The highest BCUT2D eigenvalue weighted by atomic mass is 32.2. The SMILES string of the molecule is CC(C)(C)C1CN(C(=O)C2CC2CC(C)(C)C2CN(S(=O)(=O)C3COC3)CCO2)CCO1. The molecule has 9 heteroatoms. The fraction of sp³-hybridized carbons (Fsp3) is 0.957. The lowest BCUT2D eigenvalue weighted by Crippen LogP contribution is -2.56. The predicted octanol–water partition coefficient (Wildman–Crippen LogP) is 1.74. The molecular weight excluding hydrogens is 432 g/mol. The monoisotopic (exact) mass is 472 g/mol. The molecule has 4 rings (SSSR count). The molecule has 0 aromatic heterocycles. The van der Waals surface area contributed by atoms with Crippen LogP contribution < -0.4 is 0 Å². The number of hydrogen-bond acceptors (Lipinski definition) is 6. The predicted molar refractivity (Wildman–Crippen MR) is 121 cm³/mol. The van der Waals surface area contributed by atoms with Crippen LogP contribution in [0.3, 0.4) is 0 Å². The number of carbonyl (C=O) groups excluding carboxylic acids is 1. The minimum absolute atomic E-state index is 0.0139. The van der Waals surface area contributed by atoms with Gasteiger partial charge < -0.3 is 19.1 Å². The lowest BCUT2D eigenvalue weighted by molar-refractivity contribution is -0.145. The van der Waals surface area contributed by atoms with Crippen LogP contribution in [0.1, 0.15) is 47.5 Å². The standard InChI is InChI=1S/C23H40N2O6S/c1-22(2,3)19-12-24(6-8-30-19)21(26)18-10-16(18)11-23(4,5)20-13-25(7-9-31-20)32(27,28)17-14-29-15-17/h16-20H,6-15H2,1-5H3. The first-order valence-corrected chi connectivity index (χ1v) is 13.5. The Labute approximate surface area is 193 Å². The zero-order valence-electron chi connectivity index (χ0n) is 20.2. The van der Waals surface area contributed by atoms with Crippen LogP contribution >= 0.6 is 0 Å². The van der Waals surface area contributed by atoms with Gasteiger partial charge in [0.25, 0.3) is 0 Å². The number of amides is 1. The van der Waals surface area contributed by atoms with Crippen LogP contribution in [0.25, 0.3) is 0 Å². The van der Waals surface area contributed by atoms with Crippen LogP contribution in [0.4, 0.5) is 0 Å². The highest BCUT2D eigenvalue weighted by Gasteiger charge is 2.50. The third-order valence-corrected chi connectivity index (χ3v) is 9.83. The summed E-state index contributed by atoms with van der Waals surface area (Å²) in [6.45, 7) is 14.5. The van der Waals surface area contributed by atoms with Crippen LogP contribution in [0, 0.1) is 22.7 Å². The summed E-state index contributed by atoms with van der Waals surface area (Å²) in [6, 6.07) is 0. The summed E-state index contributed by atoms with van der Waals surface area (Å²) in [5, 5.41) is -0.416. The van der Waals surface area contributed by atoms with E-state index in [9.17, 15) is 13.2 Å². The smallest absolute Gasteiger partial charge is 0.226 e. The summed E-state index contributed by atoms with van der Waals surface area (Å²) >= 11 is 0. The van der Waals surface area contributed by atoms with Gasteiger partial charge >= 0.3 is 0 Å². The fourth-order valence-electron chi connectivity index (χ4n) is 5.12. The molecular formula is C23H40N2O6S. The zero-order valence-corrected chi connectivity index (χ0v) is 21.0. The van der Waals surface area contributed by atoms with Crippen LogP contribution in [0.2, 0.25) is 0 Å². The van der Waals surface area contributed by atoms with Crippen molar-refractivity contribution in [1.82, 2.24) is 9.21 Å². The molecule has 32 heavy (non-hydrogen) atoms. The van der Waals surface area contributed by atoms with E-state index in [-0.39, 0.29) is 48.1 Å². The molecule has 8 nitrogen and oxygen atoms in total. The lowest BCUT2D eigenvalue weighted by Gasteiger charge is -2.42. The zero-order chi connectivity index (χ0) is 23.3. The van der Waals surface area contributed by atoms with E-state index in [4.69, 9.17) is 14.2 Å². The van der Waals surface area contributed by atoms with Crippen molar-refractivity contribution in [3.63, 3.8) is 0 Å². The normalized spacial score (nSPS) is 33.1. The summed E-state index contributed by atoms with van der Waals surface area (Å²) in [6.07, 6.45) is 1.67. The number of morpholine rings is 2. The van der Waals surface area contributed by atoms with Crippen LogP contribution in [-0.2, 0) is 29.0 Å². The van der Waals surface area contributed by atoms with Crippen molar-refractivity contribution in [2.24, 2.45) is 22.7 Å². The average molecular weight is 473 g/mol. The Morgan fingerprint density at radius 3 is 2.25 bits per heavy atom. The van der Waals surface area contributed by atoms with E-state index in [0.717, 1.165) is 12.8 Å². The highest BCUT2D eigenvalue weighted by Crippen LogP contribution is 2.49. The van der Waals surface area contributed by atoms with Gasteiger partial charge in [-0.2, -0.15) is 4.31 Å². The molecule has 1 aliphatic carbocycles. The maximum absolute atomic E-state index is 13.1. The number of rotatable bonds is 6. The van der Waals surface area contributed by atoms with E-state index in [1.54, 1.807) is 4.31 Å². The van der Waals surface area contributed by atoms with E-state index in [1.807, 2.05) is 4.90 Å². The van der Waals surface area contributed by atoms with E-state index >= 15 is 0 Å². The Balaban J connectivity index is 1.32. The molecule has 4 atom stereocenters. The molecule has 0 spiro atoms. The van der Waals surface area contributed by atoms with Gasteiger partial charge in [-0.3, -0.25) is 4.79 Å². The van der Waals surface area contributed by atoms with E-state index in [1.165, 1.54) is 0 Å². The molecule has 0 aromatic carbocycles. The van der Waals surface area contributed by atoms with Gasteiger partial charge in [-0.15, -0.1) is 0 Å². The van der Waals surface area contributed by atoms with Gasteiger partial charge in [0.1, 0.15) is 5.25 Å².